The summed E-state index contributed by atoms with van der Waals surface area (Å²) in [6.45, 7) is 4.14. The summed E-state index contributed by atoms with van der Waals surface area (Å²) in [5.74, 6) is 1.14. The molecule has 4 heterocycles. The number of amides is 2. The fourth-order valence-electron chi connectivity index (χ4n) is 3.65. The summed E-state index contributed by atoms with van der Waals surface area (Å²) in [6.07, 6.45) is 3.58. The van der Waals surface area contributed by atoms with Crippen molar-refractivity contribution < 1.29 is 18.7 Å². The lowest BCUT2D eigenvalue weighted by atomic mass is 10.1. The van der Waals surface area contributed by atoms with Gasteiger partial charge in [0.2, 0.25) is 11.8 Å². The van der Waals surface area contributed by atoms with Crippen LogP contribution in [-0.4, -0.2) is 54.5 Å². The van der Waals surface area contributed by atoms with E-state index in [0.29, 0.717) is 32.8 Å². The van der Waals surface area contributed by atoms with E-state index in [9.17, 15) is 9.59 Å². The van der Waals surface area contributed by atoms with E-state index in [-0.39, 0.29) is 24.2 Å². The molecule has 28 heavy (non-hydrogen) atoms. The predicted molar refractivity (Wildman–Crippen MR) is 101 cm³/mol. The third-order valence-electron chi connectivity index (χ3n) is 5.14. The van der Waals surface area contributed by atoms with E-state index in [4.69, 9.17) is 9.15 Å². The second kappa shape index (κ2) is 8.43. The highest BCUT2D eigenvalue weighted by molar-refractivity contribution is 5.89. The van der Waals surface area contributed by atoms with Crippen LogP contribution in [0.25, 0.3) is 0 Å². The first-order chi connectivity index (χ1) is 13.7. The van der Waals surface area contributed by atoms with Gasteiger partial charge in [0.1, 0.15) is 11.6 Å². The number of hydrogen-bond acceptors (Lipinski definition) is 6. The van der Waals surface area contributed by atoms with Gasteiger partial charge in [-0.1, -0.05) is 6.07 Å². The van der Waals surface area contributed by atoms with Crippen molar-refractivity contribution in [3.63, 3.8) is 0 Å². The van der Waals surface area contributed by atoms with Gasteiger partial charge < -0.3 is 24.3 Å². The highest BCUT2D eigenvalue weighted by Crippen LogP contribution is 2.22. The molecule has 1 N–H and O–H groups in total. The second-order valence-electron chi connectivity index (χ2n) is 7.06. The first-order valence-electron chi connectivity index (χ1n) is 9.55. The summed E-state index contributed by atoms with van der Waals surface area (Å²) in [5.41, 5.74) is 0.967. The number of morpholine rings is 1. The van der Waals surface area contributed by atoms with Crippen LogP contribution in [-0.2, 0) is 27.4 Å². The number of rotatable bonds is 6. The maximum Gasteiger partial charge on any atom is 0.225 e. The number of nitrogens with zero attached hydrogens (tertiary/aromatic N) is 3. The zero-order chi connectivity index (χ0) is 19.3. The number of aromatic nitrogens is 1. The van der Waals surface area contributed by atoms with Gasteiger partial charge in [-0.2, -0.15) is 0 Å². The maximum absolute atomic E-state index is 12.6. The van der Waals surface area contributed by atoms with Crippen molar-refractivity contribution in [2.75, 3.05) is 37.7 Å². The van der Waals surface area contributed by atoms with E-state index >= 15 is 0 Å². The van der Waals surface area contributed by atoms with Gasteiger partial charge in [-0.25, -0.2) is 4.98 Å². The first kappa shape index (κ1) is 18.5. The lowest BCUT2D eigenvalue weighted by molar-refractivity contribution is -0.129. The Bertz CT molecular complexity index is 817. The molecule has 2 aliphatic rings. The number of carbonyl (C=O) groups is 2. The van der Waals surface area contributed by atoms with Crippen molar-refractivity contribution in [1.29, 1.82) is 0 Å². The molecule has 0 radical (unpaired) electrons. The van der Waals surface area contributed by atoms with Crippen LogP contribution in [0.4, 0.5) is 5.82 Å². The van der Waals surface area contributed by atoms with Crippen molar-refractivity contribution in [2.24, 2.45) is 5.92 Å². The number of hydrogen-bond donors (Lipinski definition) is 1. The van der Waals surface area contributed by atoms with E-state index in [1.165, 1.54) is 0 Å². The molecule has 0 aliphatic carbocycles. The number of nitrogens with one attached hydrogen (secondary N) is 1. The lowest BCUT2D eigenvalue weighted by Gasteiger charge is -2.29. The molecule has 2 fully saturated rings. The highest BCUT2D eigenvalue weighted by atomic mass is 16.5. The van der Waals surface area contributed by atoms with Gasteiger partial charge >= 0.3 is 0 Å². The normalized spacial score (nSPS) is 19.9. The molecular weight excluding hydrogens is 360 g/mol. The number of pyridine rings is 1. The lowest BCUT2D eigenvalue weighted by Crippen LogP contribution is -2.38. The van der Waals surface area contributed by atoms with Gasteiger partial charge in [0.25, 0.3) is 0 Å². The fourth-order valence-corrected chi connectivity index (χ4v) is 3.65. The van der Waals surface area contributed by atoms with Crippen molar-refractivity contribution in [3.8, 4) is 0 Å². The quantitative estimate of drug-likeness (QED) is 0.805. The average molecular weight is 384 g/mol. The predicted octanol–water partition coefficient (Wildman–Crippen LogP) is 1.18. The minimum atomic E-state index is -0.342. The number of anilines is 1. The Kier molecular flexibility index (Phi) is 5.57. The third-order valence-corrected chi connectivity index (χ3v) is 5.14. The number of ether oxygens (including phenoxy) is 1. The van der Waals surface area contributed by atoms with Gasteiger partial charge in [-0.05, 0) is 18.2 Å². The van der Waals surface area contributed by atoms with E-state index in [1.807, 2.05) is 18.2 Å². The SMILES string of the molecule is O=C(NCc1cccnc1N1CCOCC1)C1CC(=O)N(Cc2ccco2)C1. The molecule has 8 nitrogen and oxygen atoms in total. The smallest absolute Gasteiger partial charge is 0.225 e. The molecule has 2 aromatic rings. The van der Waals surface area contributed by atoms with Crippen molar-refractivity contribution in [2.45, 2.75) is 19.5 Å². The Morgan fingerprint density at radius 2 is 2.11 bits per heavy atom. The molecule has 4 rings (SSSR count). The fraction of sp³-hybridized carbons (Fsp3) is 0.450. The molecule has 2 aliphatic heterocycles. The topological polar surface area (TPSA) is 87.9 Å². The van der Waals surface area contributed by atoms with Gasteiger partial charge in [0, 0.05) is 44.4 Å². The van der Waals surface area contributed by atoms with Crippen LogP contribution in [0, 0.1) is 5.92 Å². The van der Waals surface area contributed by atoms with E-state index < -0.39 is 0 Å². The monoisotopic (exact) mass is 384 g/mol. The molecule has 1 atom stereocenters. The summed E-state index contributed by atoms with van der Waals surface area (Å²) in [4.78, 5) is 33.2. The van der Waals surface area contributed by atoms with Crippen LogP contribution in [0.15, 0.2) is 41.1 Å². The molecule has 1 unspecified atom stereocenters. The Morgan fingerprint density at radius 1 is 1.25 bits per heavy atom. The molecule has 2 saturated heterocycles. The zero-order valence-corrected chi connectivity index (χ0v) is 15.7. The minimum Gasteiger partial charge on any atom is -0.467 e. The standard InChI is InChI=1S/C20H24N4O4/c25-18-11-16(13-24(18)14-17-4-2-8-28-17)20(26)22-12-15-3-1-5-21-19(15)23-6-9-27-10-7-23/h1-5,8,16H,6-7,9-14H2,(H,22,26). The molecule has 148 valence electrons. The minimum absolute atomic E-state index is 0.0214. The number of carbonyl (C=O) groups excluding carboxylic acids is 2. The molecule has 0 aromatic carbocycles. The van der Waals surface area contributed by atoms with Crippen LogP contribution in [0.5, 0.6) is 0 Å². The molecular formula is C20H24N4O4. The molecule has 0 bridgehead atoms. The third kappa shape index (κ3) is 4.17. The molecule has 8 heteroatoms. The summed E-state index contributed by atoms with van der Waals surface area (Å²) in [5, 5.41) is 2.98. The average Bonchev–Trinajstić information content (AvgIpc) is 3.37. The van der Waals surface area contributed by atoms with E-state index in [2.05, 4.69) is 15.2 Å². The summed E-state index contributed by atoms with van der Waals surface area (Å²) < 4.78 is 10.7. The first-order valence-corrected chi connectivity index (χ1v) is 9.55. The van der Waals surface area contributed by atoms with E-state index in [0.717, 1.165) is 30.2 Å². The molecule has 2 amide bonds. The Hall–Kier alpha value is -2.87. The zero-order valence-electron chi connectivity index (χ0n) is 15.7. The van der Waals surface area contributed by atoms with Crippen molar-refractivity contribution in [1.82, 2.24) is 15.2 Å². The van der Waals surface area contributed by atoms with E-state index in [1.54, 1.807) is 23.4 Å². The Morgan fingerprint density at radius 3 is 2.89 bits per heavy atom. The van der Waals surface area contributed by atoms with Gasteiger partial charge in [0.05, 0.1) is 31.9 Å². The van der Waals surface area contributed by atoms with Crippen molar-refractivity contribution in [3.05, 3.63) is 48.0 Å². The summed E-state index contributed by atoms with van der Waals surface area (Å²) >= 11 is 0. The Balaban J connectivity index is 1.34. The summed E-state index contributed by atoms with van der Waals surface area (Å²) in [6, 6.07) is 7.47. The van der Waals surface area contributed by atoms with Crippen LogP contribution in [0.2, 0.25) is 0 Å². The van der Waals surface area contributed by atoms with Crippen LogP contribution in [0.1, 0.15) is 17.7 Å². The second-order valence-corrected chi connectivity index (χ2v) is 7.06. The summed E-state index contributed by atoms with van der Waals surface area (Å²) in [7, 11) is 0. The molecule has 0 spiro atoms. The number of furan rings is 1. The van der Waals surface area contributed by atoms with Crippen LogP contribution < -0.4 is 10.2 Å². The van der Waals surface area contributed by atoms with Crippen LogP contribution >= 0.6 is 0 Å². The largest absolute Gasteiger partial charge is 0.467 e. The van der Waals surface area contributed by atoms with Gasteiger partial charge in [-0.3, -0.25) is 9.59 Å². The van der Waals surface area contributed by atoms with Gasteiger partial charge in [0.15, 0.2) is 0 Å². The van der Waals surface area contributed by atoms with Crippen molar-refractivity contribution >= 4 is 17.6 Å². The number of likely N-dealkylation sites (tertiary alicyclic amines) is 1. The maximum atomic E-state index is 12.6. The van der Waals surface area contributed by atoms with Crippen LogP contribution in [0.3, 0.4) is 0 Å². The molecule has 0 saturated carbocycles. The molecule has 2 aromatic heterocycles. The highest BCUT2D eigenvalue weighted by Gasteiger charge is 2.34. The van der Waals surface area contributed by atoms with Gasteiger partial charge in [-0.15, -0.1) is 0 Å². The Labute approximate surface area is 163 Å².